The first-order valence-electron chi connectivity index (χ1n) is 12.1. The number of carbonyl (C=O) groups is 3. The van der Waals surface area contributed by atoms with Gasteiger partial charge in [-0.15, -0.1) is 0 Å². The third-order valence-electron chi connectivity index (χ3n) is 6.57. The lowest BCUT2D eigenvalue weighted by Gasteiger charge is -2.10. The fourth-order valence-electron chi connectivity index (χ4n) is 4.80. The number of carbonyl (C=O) groups excluding carboxylic acids is 3. The van der Waals surface area contributed by atoms with Crippen LogP contribution >= 0.6 is 0 Å². The molecule has 1 unspecified atom stereocenters. The number of ketones is 2. The van der Waals surface area contributed by atoms with Crippen LogP contribution in [0.1, 0.15) is 52.7 Å². The monoisotopic (exact) mass is 502 g/mol. The van der Waals surface area contributed by atoms with Crippen molar-refractivity contribution >= 4 is 23.2 Å². The van der Waals surface area contributed by atoms with Gasteiger partial charge in [-0.3, -0.25) is 14.4 Å². The zero-order valence-corrected chi connectivity index (χ0v) is 19.9. The number of amides is 1. The average molecular weight is 503 g/mol. The summed E-state index contributed by atoms with van der Waals surface area (Å²) in [6, 6.07) is 16.2. The van der Waals surface area contributed by atoms with Gasteiger partial charge >= 0.3 is 0 Å². The van der Waals surface area contributed by atoms with Crippen LogP contribution in [0.15, 0.2) is 65.8 Å². The molecule has 0 radical (unpaired) electrons. The Balaban J connectivity index is 1.06. The third-order valence-corrected chi connectivity index (χ3v) is 6.57. The number of halogens is 2. The molecule has 0 bridgehead atoms. The highest BCUT2D eigenvalue weighted by molar-refractivity contribution is 6.22. The SMILES string of the molecule is O=C(CCCNC(=O)CC1CC(c2ccc(F)cc2F)=NO1)Cc1cccc2c1C(=O)c1ccccc1-2. The van der Waals surface area contributed by atoms with E-state index in [9.17, 15) is 23.2 Å². The minimum absolute atomic E-state index is 0.00935. The molecule has 0 aromatic heterocycles. The second-order valence-electron chi connectivity index (χ2n) is 9.18. The van der Waals surface area contributed by atoms with Crippen LogP contribution in [0.3, 0.4) is 0 Å². The Bertz CT molecular complexity index is 1430. The normalized spacial score (nSPS) is 15.6. The summed E-state index contributed by atoms with van der Waals surface area (Å²) in [5.41, 5.74) is 4.22. The number of rotatable bonds is 9. The second kappa shape index (κ2) is 10.4. The Morgan fingerprint density at radius 1 is 0.973 bits per heavy atom. The van der Waals surface area contributed by atoms with Crippen molar-refractivity contribution in [3.05, 3.63) is 94.6 Å². The number of nitrogens with zero attached hydrogens (tertiary/aromatic N) is 1. The van der Waals surface area contributed by atoms with Crippen LogP contribution in [0.4, 0.5) is 8.78 Å². The summed E-state index contributed by atoms with van der Waals surface area (Å²) in [4.78, 5) is 43.0. The van der Waals surface area contributed by atoms with E-state index in [0.29, 0.717) is 29.8 Å². The summed E-state index contributed by atoms with van der Waals surface area (Å²) in [6.07, 6.45) is 0.612. The van der Waals surface area contributed by atoms with Crippen LogP contribution in [-0.2, 0) is 20.8 Å². The van der Waals surface area contributed by atoms with Gasteiger partial charge in [0.1, 0.15) is 23.5 Å². The van der Waals surface area contributed by atoms with Gasteiger partial charge < -0.3 is 10.2 Å². The topological polar surface area (TPSA) is 84.8 Å². The minimum atomic E-state index is -0.730. The van der Waals surface area contributed by atoms with Crippen molar-refractivity contribution < 1.29 is 28.0 Å². The number of Topliss-reactive ketones (excluding diaryl/α,β-unsaturated/α-hetero) is 1. The lowest BCUT2D eigenvalue weighted by atomic mass is 9.96. The Morgan fingerprint density at radius 3 is 2.57 bits per heavy atom. The Hall–Kier alpha value is -4.20. The van der Waals surface area contributed by atoms with Gasteiger partial charge in [0.2, 0.25) is 5.91 Å². The van der Waals surface area contributed by atoms with Gasteiger partial charge in [0.15, 0.2) is 5.78 Å². The zero-order valence-electron chi connectivity index (χ0n) is 19.9. The van der Waals surface area contributed by atoms with E-state index >= 15 is 0 Å². The molecule has 1 heterocycles. The van der Waals surface area contributed by atoms with E-state index in [-0.39, 0.29) is 48.7 Å². The van der Waals surface area contributed by atoms with E-state index in [1.807, 2.05) is 36.4 Å². The van der Waals surface area contributed by atoms with Gasteiger partial charge in [-0.1, -0.05) is 47.6 Å². The molecule has 0 fully saturated rings. The standard InChI is InChI=1S/C29H24F2N2O4/c30-18-10-11-24(25(31)14-18)26-15-20(37-33-26)16-27(35)32-12-4-6-19(34)13-17-5-3-9-22-21-7-1-2-8-23(21)29(36)28(17)22/h1-3,5,7-11,14,20H,4,6,12-13,15-16H2,(H,32,35). The Kier molecular flexibility index (Phi) is 6.90. The molecule has 3 aromatic rings. The summed E-state index contributed by atoms with van der Waals surface area (Å²) >= 11 is 0. The van der Waals surface area contributed by atoms with E-state index in [0.717, 1.165) is 28.8 Å². The van der Waals surface area contributed by atoms with E-state index < -0.39 is 17.7 Å². The number of nitrogens with one attached hydrogen (secondary N) is 1. The van der Waals surface area contributed by atoms with Crippen LogP contribution < -0.4 is 5.32 Å². The first-order chi connectivity index (χ1) is 17.9. The van der Waals surface area contributed by atoms with E-state index in [4.69, 9.17) is 4.84 Å². The largest absolute Gasteiger partial charge is 0.391 e. The highest BCUT2D eigenvalue weighted by Crippen LogP contribution is 2.38. The molecule has 0 saturated heterocycles. The van der Waals surface area contributed by atoms with Gasteiger partial charge in [-0.2, -0.15) is 0 Å². The molecule has 2 aliphatic rings. The van der Waals surface area contributed by atoms with E-state index in [1.54, 1.807) is 6.07 Å². The molecular formula is C29H24F2N2O4. The smallest absolute Gasteiger partial charge is 0.223 e. The van der Waals surface area contributed by atoms with E-state index in [1.165, 1.54) is 6.07 Å². The highest BCUT2D eigenvalue weighted by atomic mass is 19.1. The maximum Gasteiger partial charge on any atom is 0.223 e. The number of hydrogen-bond acceptors (Lipinski definition) is 5. The zero-order chi connectivity index (χ0) is 25.9. The Morgan fingerprint density at radius 2 is 1.76 bits per heavy atom. The molecule has 5 rings (SSSR count). The first-order valence-corrected chi connectivity index (χ1v) is 12.1. The van der Waals surface area contributed by atoms with Gasteiger partial charge in [0.25, 0.3) is 0 Å². The number of fused-ring (bicyclic) bond motifs is 3. The van der Waals surface area contributed by atoms with Crippen LogP contribution in [-0.4, -0.2) is 35.8 Å². The van der Waals surface area contributed by atoms with Gasteiger partial charge in [0.05, 0.1) is 12.1 Å². The van der Waals surface area contributed by atoms with Gasteiger partial charge in [0, 0.05) is 48.6 Å². The lowest BCUT2D eigenvalue weighted by molar-refractivity contribution is -0.124. The summed E-state index contributed by atoms with van der Waals surface area (Å²) in [6.45, 7) is 0.314. The summed E-state index contributed by atoms with van der Waals surface area (Å²) < 4.78 is 27.1. The average Bonchev–Trinajstić information content (AvgIpc) is 3.45. The molecule has 3 aromatic carbocycles. The maximum absolute atomic E-state index is 13.9. The molecular weight excluding hydrogens is 478 g/mol. The quantitative estimate of drug-likeness (QED) is 0.334. The van der Waals surface area contributed by atoms with Crippen LogP contribution in [0.2, 0.25) is 0 Å². The molecule has 0 saturated carbocycles. The van der Waals surface area contributed by atoms with E-state index in [2.05, 4.69) is 10.5 Å². The molecule has 1 aliphatic heterocycles. The minimum Gasteiger partial charge on any atom is -0.391 e. The fourth-order valence-corrected chi connectivity index (χ4v) is 4.80. The van der Waals surface area contributed by atoms with Crippen LogP contribution in [0.5, 0.6) is 0 Å². The molecule has 0 spiro atoms. The lowest BCUT2D eigenvalue weighted by Crippen LogP contribution is -2.28. The third kappa shape index (κ3) is 5.18. The molecule has 1 atom stereocenters. The molecule has 1 amide bonds. The van der Waals surface area contributed by atoms with Crippen molar-refractivity contribution in [2.45, 2.75) is 38.2 Å². The predicted molar refractivity (Wildman–Crippen MR) is 133 cm³/mol. The van der Waals surface area contributed by atoms with Crippen molar-refractivity contribution in [1.29, 1.82) is 0 Å². The van der Waals surface area contributed by atoms with Crippen molar-refractivity contribution in [3.63, 3.8) is 0 Å². The fraction of sp³-hybridized carbons (Fsp3) is 0.241. The van der Waals surface area contributed by atoms with Gasteiger partial charge in [-0.05, 0) is 35.2 Å². The predicted octanol–water partition coefficient (Wildman–Crippen LogP) is 4.77. The summed E-state index contributed by atoms with van der Waals surface area (Å²) in [5.74, 6) is -1.74. The van der Waals surface area contributed by atoms with Crippen molar-refractivity contribution in [2.24, 2.45) is 5.16 Å². The molecule has 6 nitrogen and oxygen atoms in total. The molecule has 1 N–H and O–H groups in total. The van der Waals surface area contributed by atoms with Crippen molar-refractivity contribution in [2.75, 3.05) is 6.54 Å². The van der Waals surface area contributed by atoms with Crippen molar-refractivity contribution in [1.82, 2.24) is 5.32 Å². The Labute approximate surface area is 212 Å². The summed E-state index contributed by atoms with van der Waals surface area (Å²) in [7, 11) is 0. The highest BCUT2D eigenvalue weighted by Gasteiger charge is 2.29. The number of hydrogen-bond donors (Lipinski definition) is 1. The molecule has 37 heavy (non-hydrogen) atoms. The summed E-state index contributed by atoms with van der Waals surface area (Å²) in [5, 5.41) is 6.60. The molecule has 188 valence electrons. The van der Waals surface area contributed by atoms with Crippen molar-refractivity contribution in [3.8, 4) is 11.1 Å². The number of benzene rings is 3. The number of oxime groups is 1. The molecule has 8 heteroatoms. The van der Waals surface area contributed by atoms with Crippen LogP contribution in [0.25, 0.3) is 11.1 Å². The second-order valence-corrected chi connectivity index (χ2v) is 9.18. The maximum atomic E-state index is 13.9. The van der Waals surface area contributed by atoms with Crippen LogP contribution in [0, 0.1) is 11.6 Å². The molecule has 1 aliphatic carbocycles. The first kappa shape index (κ1) is 24.5. The van der Waals surface area contributed by atoms with Gasteiger partial charge in [-0.25, -0.2) is 8.78 Å².